The average molecular weight is 1280 g/mol. The van der Waals surface area contributed by atoms with E-state index in [0.29, 0.717) is 23.6 Å². The zero-order valence-corrected chi connectivity index (χ0v) is 58.2. The van der Waals surface area contributed by atoms with Crippen molar-refractivity contribution in [1.29, 1.82) is 15.9 Å². The number of carbonyl (C=O) groups is 3. The second kappa shape index (κ2) is 45.8. The molecule has 91 heavy (non-hydrogen) atoms. The van der Waals surface area contributed by atoms with Gasteiger partial charge in [0.05, 0.1) is 32.5 Å². The first-order valence-electron chi connectivity index (χ1n) is 35.9. The molecule has 511 valence electrons. The maximum atomic E-state index is 11.3. The van der Waals surface area contributed by atoms with Crippen LogP contribution in [0.3, 0.4) is 0 Å². The first-order valence-corrected chi connectivity index (χ1v) is 35.9. The van der Waals surface area contributed by atoms with Gasteiger partial charge in [-0.3, -0.25) is 4.79 Å². The van der Waals surface area contributed by atoms with Crippen LogP contribution in [0.25, 0.3) is 0 Å². The maximum absolute atomic E-state index is 11.3. The number of Topliss-reactive ketones (excluding diaryl/α,β-unsaturated/α-hetero) is 2. The smallest absolute Gasteiger partial charge is 1.00 e. The summed E-state index contributed by atoms with van der Waals surface area (Å²) < 4.78 is 43.9. The molecule has 12 rings (SSSR count). The summed E-state index contributed by atoms with van der Waals surface area (Å²) in [7, 11) is 5.00. The Bertz CT molecular complexity index is 1990. The van der Waals surface area contributed by atoms with E-state index < -0.39 is 0 Å². The SMILES string of the molecule is C.C.CC.COC=C1CCC(C2CCC(OB=N)CC2)CC1.N=BOC1CCC(C2CCC(=O)CC2)CC1.N=BOC1CCC(C2CCC(C=O)CC2)CC1.O=C1CCC(C2CCC3(CC2)OCCO3)CC1.OC1CCC(C2CCC3(CC2)OCCO3)CC1.[B].[H-].[Na+]. The third-order valence-corrected chi connectivity index (χ3v) is 23.4. The molecule has 2 saturated heterocycles. The number of nitrogens with one attached hydrogen (secondary N) is 3. The second-order valence-electron chi connectivity index (χ2n) is 28.2. The van der Waals surface area contributed by atoms with Crippen LogP contribution in [0.15, 0.2) is 11.8 Å². The van der Waals surface area contributed by atoms with Crippen LogP contribution in [0.2, 0.25) is 0 Å². The Labute approximate surface area is 580 Å². The second-order valence-corrected chi connectivity index (χ2v) is 28.2. The summed E-state index contributed by atoms with van der Waals surface area (Å²) in [5.74, 6) is 9.17. The molecule has 0 amide bonds. The predicted octanol–water partition coefficient (Wildman–Crippen LogP) is 13.5. The molecule has 4 N–H and O–H groups in total. The van der Waals surface area contributed by atoms with Gasteiger partial charge in [-0.15, -0.1) is 0 Å². The summed E-state index contributed by atoms with van der Waals surface area (Å²) in [6.07, 6.45) is 49.3. The van der Waals surface area contributed by atoms with Crippen LogP contribution in [-0.4, -0.2) is 123 Å². The van der Waals surface area contributed by atoms with Crippen molar-refractivity contribution in [3.63, 3.8) is 0 Å². The monoisotopic (exact) mass is 1280 g/mol. The Morgan fingerprint density at radius 2 is 0.681 bits per heavy atom. The number of rotatable bonds is 13. The molecule has 0 aromatic carbocycles. The molecule has 0 unspecified atom stereocenters. The minimum Gasteiger partial charge on any atom is -1.00 e. The number of aliphatic hydroxyl groups is 1. The zero-order chi connectivity index (χ0) is 61.7. The number of ether oxygens (including phenoxy) is 5. The zero-order valence-electron chi connectivity index (χ0n) is 57.2. The molecule has 3 radical (unpaired) electrons. The molecular weight excluding hydrogens is 1150 g/mol. The van der Waals surface area contributed by atoms with Crippen LogP contribution in [-0.2, 0) is 52.0 Å². The van der Waals surface area contributed by atoms with Gasteiger partial charge in [0.25, 0.3) is 0 Å². The molecule has 20 heteroatoms. The first kappa shape index (κ1) is 83.6. The molecular formula is C71H127B4N3NaO12. The molecule has 0 aromatic rings. The molecule has 0 atom stereocenters. The molecule has 10 aliphatic carbocycles. The van der Waals surface area contributed by atoms with Gasteiger partial charge in [0.15, 0.2) is 11.6 Å². The third-order valence-electron chi connectivity index (χ3n) is 23.4. The van der Waals surface area contributed by atoms with E-state index in [1.54, 1.807) is 7.11 Å². The van der Waals surface area contributed by atoms with E-state index in [9.17, 15) is 19.5 Å². The molecule has 0 bridgehead atoms. The Morgan fingerprint density at radius 3 is 0.956 bits per heavy atom. The Hall–Kier alpha value is -1.59. The number of allylic oxidation sites excluding steroid dienone is 1. The van der Waals surface area contributed by atoms with Crippen molar-refractivity contribution in [2.24, 2.45) is 65.1 Å². The molecule has 15 nitrogen and oxygen atoms in total. The van der Waals surface area contributed by atoms with Crippen LogP contribution in [0.1, 0.15) is 287 Å². The minimum atomic E-state index is -0.221. The van der Waals surface area contributed by atoms with E-state index in [4.69, 9.17) is 53.6 Å². The van der Waals surface area contributed by atoms with Gasteiger partial charge in [0.2, 0.25) is 0 Å². The van der Waals surface area contributed by atoms with Crippen LogP contribution < -0.4 is 29.6 Å². The summed E-state index contributed by atoms with van der Waals surface area (Å²) in [5, 5.41) is 30.4. The van der Waals surface area contributed by atoms with E-state index in [1.807, 2.05) is 20.1 Å². The van der Waals surface area contributed by atoms with Gasteiger partial charge < -0.3 is 25.5 Å². The van der Waals surface area contributed by atoms with Crippen LogP contribution in [0, 0.1) is 81.0 Å². The van der Waals surface area contributed by atoms with E-state index in [1.165, 1.54) is 121 Å². The largest absolute Gasteiger partial charge is 1.00 e. The molecule has 10 saturated carbocycles. The Balaban J connectivity index is 0.000000384. The fraction of sp³-hybridized carbons (Fsp3) is 0.930. The van der Waals surface area contributed by atoms with Crippen molar-refractivity contribution in [2.45, 2.75) is 322 Å². The van der Waals surface area contributed by atoms with Crippen LogP contribution in [0.4, 0.5) is 0 Å². The number of carbonyl (C=O) groups excluding carboxylic acids is 3. The van der Waals surface area contributed by atoms with Crippen LogP contribution in [0.5, 0.6) is 0 Å². The number of methoxy groups -OCH3 is 1. The average Bonchev–Trinajstić information content (AvgIpc) is 2.11. The number of hydrogen-bond acceptors (Lipinski definition) is 15. The summed E-state index contributed by atoms with van der Waals surface area (Å²) in [4.78, 5) is 33.2. The first-order chi connectivity index (χ1) is 42.5. The summed E-state index contributed by atoms with van der Waals surface area (Å²) >= 11 is 0. The molecule has 2 heterocycles. The molecule has 2 aliphatic heterocycles. The van der Waals surface area contributed by atoms with Gasteiger partial charge in [-0.2, -0.15) is 0 Å². The normalized spacial score (nSPS) is 32.9. The molecule has 0 aromatic heterocycles. The summed E-state index contributed by atoms with van der Waals surface area (Å²) in [6.45, 7) is 7.09. The van der Waals surface area contributed by atoms with Crippen molar-refractivity contribution in [3.05, 3.63) is 11.8 Å². The van der Waals surface area contributed by atoms with Crippen molar-refractivity contribution in [2.75, 3.05) is 33.5 Å². The minimum absolute atomic E-state index is 0. The number of aliphatic hydroxyl groups excluding tert-OH is 1. The maximum Gasteiger partial charge on any atom is 1.00 e. The Morgan fingerprint density at radius 1 is 0.429 bits per heavy atom. The van der Waals surface area contributed by atoms with E-state index in [2.05, 4.69) is 0 Å². The topological polar surface area (TPSA) is 217 Å². The molecule has 2 spiro atoms. The van der Waals surface area contributed by atoms with Crippen molar-refractivity contribution >= 4 is 48.1 Å². The molecule has 12 fully saturated rings. The molecule has 12 aliphatic rings. The van der Waals surface area contributed by atoms with Gasteiger partial charge in [-0.05, 0) is 87.9 Å². The fourth-order valence-electron chi connectivity index (χ4n) is 18.0. The van der Waals surface area contributed by atoms with Crippen molar-refractivity contribution in [3.8, 4) is 0 Å². The van der Waals surface area contributed by atoms with Gasteiger partial charge in [-0.1, -0.05) is 28.7 Å². The third kappa shape index (κ3) is 27.7. The standard InChI is InChI=1S/C14H24BNO2.C14H24O3.C14H22O3.C13H22BNO2.C12H20BNO2.C2H6.2CH4.B.Na.H/c1-17-10-11-2-4-12(5-3-11)13-6-8-14(9-7-13)18-15-16;2*15-13-3-1-11(2-4-13)12-5-7-14(8-6-12)16-9-10-17-14;15-14-17-13-7-5-12(6-8-13)11-3-1-10(9-16)2-4-11;14-13-16-12-7-3-10(4-8-12)9-1-5-11(15)6-2-9;1-2;;;;;/h10,12-14,16H,2-9H2,1H3;11-13,15H,1-10H2;11-12H,1-10H2;9-13,15H,1-8H2;9-10,12,14H,1-8H2;1-2H3;2*1H4;;;/q;;;;;;;;;+1;-1. The van der Waals surface area contributed by atoms with Crippen molar-refractivity contribution < 1.29 is 88.1 Å². The predicted molar refractivity (Wildman–Crippen MR) is 361 cm³/mol. The summed E-state index contributed by atoms with van der Waals surface area (Å²) in [6, 6.07) is 0. The quantitative estimate of drug-likeness (QED) is 0.0769. The number of hydrogen-bond donors (Lipinski definition) is 4. The van der Waals surface area contributed by atoms with Crippen LogP contribution >= 0.6 is 0 Å². The van der Waals surface area contributed by atoms with E-state index >= 15 is 0 Å². The van der Waals surface area contributed by atoms with Gasteiger partial charge >= 0.3 is 340 Å². The van der Waals surface area contributed by atoms with E-state index in [0.717, 1.165) is 255 Å². The van der Waals surface area contributed by atoms with Gasteiger partial charge in [0, 0.05) is 46.9 Å². The number of aldehydes is 1. The summed E-state index contributed by atoms with van der Waals surface area (Å²) in [5.41, 5.74) is 1.48. The Kier molecular flexibility index (Phi) is 42.1. The van der Waals surface area contributed by atoms with Crippen molar-refractivity contribution in [1.82, 2.24) is 0 Å². The van der Waals surface area contributed by atoms with Gasteiger partial charge in [-0.25, -0.2) is 0 Å². The number of ketones is 2. The fourth-order valence-corrected chi connectivity index (χ4v) is 18.0. The van der Waals surface area contributed by atoms with E-state index in [-0.39, 0.29) is 84.1 Å². The van der Waals surface area contributed by atoms with Gasteiger partial charge in [0.1, 0.15) is 5.78 Å².